The predicted molar refractivity (Wildman–Crippen MR) is 85.3 cm³/mol. The number of rotatable bonds is 5. The summed E-state index contributed by atoms with van der Waals surface area (Å²) < 4.78 is 5.51. The van der Waals surface area contributed by atoms with Crippen LogP contribution in [0, 0.1) is 12.8 Å². The molecule has 20 heavy (non-hydrogen) atoms. The summed E-state index contributed by atoms with van der Waals surface area (Å²) in [6.45, 7) is 6.73. The molecule has 1 fully saturated rings. The van der Waals surface area contributed by atoms with Crippen molar-refractivity contribution in [3.05, 3.63) is 29.3 Å². The van der Waals surface area contributed by atoms with Gasteiger partial charge in [-0.25, -0.2) is 0 Å². The SMILES string of the molecule is COc1ccc(C)cc1C(C)NC(C)C1CCCCC1. The minimum atomic E-state index is 0.335. The second-order valence-electron chi connectivity index (χ2n) is 6.32. The largest absolute Gasteiger partial charge is 0.496 e. The molecule has 2 rings (SSSR count). The number of hydrogen-bond acceptors (Lipinski definition) is 2. The van der Waals surface area contributed by atoms with E-state index in [2.05, 4.69) is 44.3 Å². The summed E-state index contributed by atoms with van der Waals surface area (Å²) in [5.74, 6) is 1.83. The highest BCUT2D eigenvalue weighted by atomic mass is 16.5. The Morgan fingerprint density at radius 1 is 1.15 bits per heavy atom. The molecule has 1 N–H and O–H groups in total. The first-order chi connectivity index (χ1) is 9.61. The Balaban J connectivity index is 2.03. The smallest absolute Gasteiger partial charge is 0.123 e. The molecule has 0 saturated heterocycles. The van der Waals surface area contributed by atoms with Gasteiger partial charge in [-0.05, 0) is 45.6 Å². The molecule has 2 nitrogen and oxygen atoms in total. The molecule has 0 aliphatic heterocycles. The van der Waals surface area contributed by atoms with Crippen LogP contribution in [0.5, 0.6) is 5.75 Å². The molecule has 1 saturated carbocycles. The molecular formula is C18H29NO. The molecule has 2 heteroatoms. The third kappa shape index (κ3) is 3.76. The standard InChI is InChI=1S/C18H29NO/c1-13-10-11-18(20-4)17(12-13)15(3)19-14(2)16-8-6-5-7-9-16/h10-12,14-16,19H,5-9H2,1-4H3. The Labute approximate surface area is 123 Å². The van der Waals surface area contributed by atoms with E-state index in [9.17, 15) is 0 Å². The first-order valence-electron chi connectivity index (χ1n) is 8.02. The van der Waals surface area contributed by atoms with Crippen molar-refractivity contribution in [3.63, 3.8) is 0 Å². The van der Waals surface area contributed by atoms with Crippen LogP contribution in [0.3, 0.4) is 0 Å². The number of nitrogens with one attached hydrogen (secondary N) is 1. The summed E-state index contributed by atoms with van der Waals surface area (Å²) in [6.07, 6.45) is 6.99. The fourth-order valence-corrected chi connectivity index (χ4v) is 3.45. The summed E-state index contributed by atoms with van der Waals surface area (Å²) >= 11 is 0. The summed E-state index contributed by atoms with van der Waals surface area (Å²) in [7, 11) is 1.76. The lowest BCUT2D eigenvalue weighted by molar-refractivity contribution is 0.266. The van der Waals surface area contributed by atoms with Gasteiger partial charge in [-0.3, -0.25) is 0 Å². The lowest BCUT2D eigenvalue weighted by Crippen LogP contribution is -2.36. The van der Waals surface area contributed by atoms with Gasteiger partial charge in [0.2, 0.25) is 0 Å². The monoisotopic (exact) mass is 275 g/mol. The van der Waals surface area contributed by atoms with Crippen LogP contribution in [-0.2, 0) is 0 Å². The van der Waals surface area contributed by atoms with Crippen LogP contribution in [0.1, 0.15) is 63.1 Å². The van der Waals surface area contributed by atoms with E-state index in [0.29, 0.717) is 12.1 Å². The highest BCUT2D eigenvalue weighted by Gasteiger charge is 2.22. The zero-order valence-electron chi connectivity index (χ0n) is 13.4. The van der Waals surface area contributed by atoms with Gasteiger partial charge in [-0.15, -0.1) is 0 Å². The topological polar surface area (TPSA) is 21.3 Å². The molecule has 0 spiro atoms. The maximum atomic E-state index is 5.51. The predicted octanol–water partition coefficient (Wildman–Crippen LogP) is 4.62. The van der Waals surface area contributed by atoms with E-state index in [1.807, 2.05) is 0 Å². The van der Waals surface area contributed by atoms with Crippen LogP contribution in [0.15, 0.2) is 18.2 Å². The van der Waals surface area contributed by atoms with E-state index in [4.69, 9.17) is 4.74 Å². The van der Waals surface area contributed by atoms with Crippen LogP contribution < -0.4 is 10.1 Å². The molecule has 1 aliphatic rings. The Morgan fingerprint density at radius 3 is 2.50 bits per heavy atom. The summed E-state index contributed by atoms with van der Waals surface area (Å²) in [4.78, 5) is 0. The normalized spacial score (nSPS) is 19.6. The van der Waals surface area contributed by atoms with Crippen molar-refractivity contribution >= 4 is 0 Å². The van der Waals surface area contributed by atoms with E-state index in [-0.39, 0.29) is 0 Å². The first kappa shape index (κ1) is 15.4. The summed E-state index contributed by atoms with van der Waals surface area (Å²) in [5.41, 5.74) is 2.56. The highest BCUT2D eigenvalue weighted by molar-refractivity contribution is 5.38. The summed E-state index contributed by atoms with van der Waals surface area (Å²) in [5, 5.41) is 3.79. The van der Waals surface area contributed by atoms with E-state index < -0.39 is 0 Å². The van der Waals surface area contributed by atoms with Gasteiger partial charge < -0.3 is 10.1 Å². The van der Waals surface area contributed by atoms with Gasteiger partial charge in [0.05, 0.1) is 7.11 Å². The van der Waals surface area contributed by atoms with Gasteiger partial charge in [0.15, 0.2) is 0 Å². The molecule has 0 aromatic heterocycles. The zero-order valence-corrected chi connectivity index (χ0v) is 13.4. The average molecular weight is 275 g/mol. The maximum absolute atomic E-state index is 5.51. The quantitative estimate of drug-likeness (QED) is 0.846. The molecule has 2 unspecified atom stereocenters. The Morgan fingerprint density at radius 2 is 1.85 bits per heavy atom. The van der Waals surface area contributed by atoms with Crippen LogP contribution in [0.2, 0.25) is 0 Å². The second kappa shape index (κ2) is 7.12. The van der Waals surface area contributed by atoms with Gasteiger partial charge in [0, 0.05) is 17.6 Å². The fourth-order valence-electron chi connectivity index (χ4n) is 3.45. The van der Waals surface area contributed by atoms with E-state index in [1.54, 1.807) is 7.11 Å². The van der Waals surface area contributed by atoms with Crippen LogP contribution in [0.4, 0.5) is 0 Å². The maximum Gasteiger partial charge on any atom is 0.123 e. The van der Waals surface area contributed by atoms with E-state index in [0.717, 1.165) is 11.7 Å². The van der Waals surface area contributed by atoms with E-state index >= 15 is 0 Å². The van der Waals surface area contributed by atoms with Crippen molar-refractivity contribution in [1.29, 1.82) is 0 Å². The van der Waals surface area contributed by atoms with Crippen molar-refractivity contribution < 1.29 is 4.74 Å². The third-order valence-electron chi connectivity index (χ3n) is 4.72. The number of ether oxygens (including phenoxy) is 1. The molecule has 1 aromatic carbocycles. The van der Waals surface area contributed by atoms with E-state index in [1.165, 1.54) is 43.2 Å². The molecule has 0 amide bonds. The molecule has 1 aliphatic carbocycles. The van der Waals surface area contributed by atoms with Crippen molar-refractivity contribution in [3.8, 4) is 5.75 Å². The lowest BCUT2D eigenvalue weighted by Gasteiger charge is -2.31. The number of benzene rings is 1. The second-order valence-corrected chi connectivity index (χ2v) is 6.32. The van der Waals surface area contributed by atoms with Crippen molar-refractivity contribution in [2.24, 2.45) is 5.92 Å². The Bertz CT molecular complexity index is 423. The van der Waals surface area contributed by atoms with Crippen LogP contribution in [-0.4, -0.2) is 13.2 Å². The number of methoxy groups -OCH3 is 1. The molecule has 0 heterocycles. The molecule has 1 aromatic rings. The Hall–Kier alpha value is -1.02. The minimum absolute atomic E-state index is 0.335. The van der Waals surface area contributed by atoms with Crippen molar-refractivity contribution in [2.45, 2.75) is 65.0 Å². The lowest BCUT2D eigenvalue weighted by atomic mass is 9.84. The highest BCUT2D eigenvalue weighted by Crippen LogP contribution is 2.30. The molecule has 2 atom stereocenters. The van der Waals surface area contributed by atoms with Crippen molar-refractivity contribution in [2.75, 3.05) is 7.11 Å². The average Bonchev–Trinajstić information content (AvgIpc) is 2.48. The van der Waals surface area contributed by atoms with Crippen molar-refractivity contribution in [1.82, 2.24) is 5.32 Å². The number of hydrogen-bond donors (Lipinski definition) is 1. The van der Waals surface area contributed by atoms with Gasteiger partial charge >= 0.3 is 0 Å². The fraction of sp³-hybridized carbons (Fsp3) is 0.667. The minimum Gasteiger partial charge on any atom is -0.496 e. The van der Waals surface area contributed by atoms with Gasteiger partial charge in [-0.1, -0.05) is 37.0 Å². The first-order valence-corrected chi connectivity index (χ1v) is 8.02. The molecule has 0 radical (unpaired) electrons. The molecule has 0 bridgehead atoms. The third-order valence-corrected chi connectivity index (χ3v) is 4.72. The van der Waals surface area contributed by atoms with Gasteiger partial charge in [0.1, 0.15) is 5.75 Å². The number of aryl methyl sites for hydroxylation is 1. The molecular weight excluding hydrogens is 246 g/mol. The van der Waals surface area contributed by atoms with Crippen LogP contribution in [0.25, 0.3) is 0 Å². The zero-order chi connectivity index (χ0) is 14.5. The summed E-state index contributed by atoms with van der Waals surface area (Å²) in [6, 6.07) is 7.34. The Kier molecular flexibility index (Phi) is 5.47. The van der Waals surface area contributed by atoms with Crippen LogP contribution >= 0.6 is 0 Å². The van der Waals surface area contributed by atoms with Gasteiger partial charge in [0.25, 0.3) is 0 Å². The van der Waals surface area contributed by atoms with Gasteiger partial charge in [-0.2, -0.15) is 0 Å². The molecule has 112 valence electrons.